The number of carboxylic acids is 1. The zero-order valence-electron chi connectivity index (χ0n) is 13.3. The van der Waals surface area contributed by atoms with Crippen LogP contribution in [0.3, 0.4) is 0 Å². The Hall–Kier alpha value is -1.26. The molecule has 0 aliphatic carbocycles. The van der Waals surface area contributed by atoms with Gasteiger partial charge in [0.15, 0.2) is 0 Å². The molecule has 1 unspecified atom stereocenters. The number of carboxylic acid groups (broad SMARTS) is 1. The minimum Gasteiger partial charge on any atom is -0.481 e. The van der Waals surface area contributed by atoms with Gasteiger partial charge in [-0.3, -0.25) is 4.79 Å². The minimum absolute atomic E-state index is 0.162. The van der Waals surface area contributed by atoms with Gasteiger partial charge < -0.3 is 14.9 Å². The molecule has 0 aromatic carbocycles. The van der Waals surface area contributed by atoms with Crippen molar-refractivity contribution in [1.29, 1.82) is 0 Å². The van der Waals surface area contributed by atoms with Gasteiger partial charge in [0.25, 0.3) is 0 Å². The fourth-order valence-electron chi connectivity index (χ4n) is 3.53. The van der Waals surface area contributed by atoms with E-state index in [-0.39, 0.29) is 12.5 Å². The second-order valence-corrected chi connectivity index (χ2v) is 6.88. The Morgan fingerprint density at radius 3 is 2.29 bits per heavy atom. The van der Waals surface area contributed by atoms with Gasteiger partial charge in [-0.1, -0.05) is 13.8 Å². The van der Waals surface area contributed by atoms with Gasteiger partial charge in [0.05, 0.1) is 0 Å². The summed E-state index contributed by atoms with van der Waals surface area (Å²) in [4.78, 5) is 27.0. The molecule has 0 saturated carbocycles. The highest BCUT2D eigenvalue weighted by molar-refractivity contribution is 5.75. The quantitative estimate of drug-likeness (QED) is 0.867. The van der Waals surface area contributed by atoms with E-state index >= 15 is 0 Å². The van der Waals surface area contributed by atoms with Crippen molar-refractivity contribution in [3.05, 3.63) is 0 Å². The van der Waals surface area contributed by atoms with Crippen molar-refractivity contribution in [2.24, 2.45) is 17.8 Å². The number of rotatable bonds is 4. The van der Waals surface area contributed by atoms with Crippen molar-refractivity contribution in [2.45, 2.75) is 46.0 Å². The first-order valence-electron chi connectivity index (χ1n) is 8.23. The molecule has 21 heavy (non-hydrogen) atoms. The maximum atomic E-state index is 12.5. The summed E-state index contributed by atoms with van der Waals surface area (Å²) in [5.41, 5.74) is 0. The molecule has 1 N–H and O–H groups in total. The number of nitrogens with zero attached hydrogens (tertiary/aromatic N) is 2. The molecular weight excluding hydrogens is 268 g/mol. The summed E-state index contributed by atoms with van der Waals surface area (Å²) in [6.45, 7) is 7.78. The van der Waals surface area contributed by atoms with E-state index in [1.165, 1.54) is 0 Å². The van der Waals surface area contributed by atoms with E-state index in [9.17, 15) is 9.59 Å². The lowest BCUT2D eigenvalue weighted by atomic mass is 9.87. The van der Waals surface area contributed by atoms with Crippen molar-refractivity contribution in [3.8, 4) is 0 Å². The molecule has 2 saturated heterocycles. The fraction of sp³-hybridized carbons (Fsp3) is 0.875. The first-order valence-corrected chi connectivity index (χ1v) is 8.23. The van der Waals surface area contributed by atoms with Crippen molar-refractivity contribution in [1.82, 2.24) is 9.80 Å². The molecule has 2 rings (SSSR count). The molecule has 5 nitrogen and oxygen atoms in total. The van der Waals surface area contributed by atoms with E-state index in [4.69, 9.17) is 5.11 Å². The van der Waals surface area contributed by atoms with Gasteiger partial charge in [-0.05, 0) is 43.4 Å². The molecule has 2 heterocycles. The third-order valence-electron chi connectivity index (χ3n) is 5.08. The monoisotopic (exact) mass is 296 g/mol. The predicted octanol–water partition coefficient (Wildman–Crippen LogP) is 2.66. The molecule has 0 spiro atoms. The van der Waals surface area contributed by atoms with Gasteiger partial charge in [0.2, 0.25) is 0 Å². The molecule has 2 aliphatic rings. The van der Waals surface area contributed by atoms with Crippen LogP contribution in [0.15, 0.2) is 0 Å². The number of carbonyl (C=O) groups excluding carboxylic acids is 1. The van der Waals surface area contributed by atoms with Gasteiger partial charge in [0.1, 0.15) is 0 Å². The van der Waals surface area contributed by atoms with Crippen LogP contribution < -0.4 is 0 Å². The summed E-state index contributed by atoms with van der Waals surface area (Å²) in [5.74, 6) is 1.07. The summed E-state index contributed by atoms with van der Waals surface area (Å²) in [6, 6.07) is 0.162. The number of carbonyl (C=O) groups is 2. The van der Waals surface area contributed by atoms with Gasteiger partial charge >= 0.3 is 12.0 Å². The molecular formula is C16H28N2O3. The van der Waals surface area contributed by atoms with Crippen LogP contribution >= 0.6 is 0 Å². The molecule has 5 heteroatoms. The van der Waals surface area contributed by atoms with Crippen LogP contribution in [0.2, 0.25) is 0 Å². The fourth-order valence-corrected chi connectivity index (χ4v) is 3.53. The predicted molar refractivity (Wildman–Crippen MR) is 81.1 cm³/mol. The Kier molecular flexibility index (Phi) is 5.48. The Morgan fingerprint density at radius 1 is 1.10 bits per heavy atom. The number of hydrogen-bond donors (Lipinski definition) is 1. The van der Waals surface area contributed by atoms with Crippen LogP contribution in [-0.2, 0) is 4.79 Å². The van der Waals surface area contributed by atoms with Gasteiger partial charge in [-0.2, -0.15) is 0 Å². The van der Waals surface area contributed by atoms with E-state index < -0.39 is 5.97 Å². The molecule has 0 radical (unpaired) electrons. The minimum atomic E-state index is -0.740. The lowest BCUT2D eigenvalue weighted by Gasteiger charge is -2.36. The number of piperidine rings is 1. The molecule has 0 bridgehead atoms. The molecule has 0 aromatic rings. The van der Waals surface area contributed by atoms with E-state index in [0.29, 0.717) is 18.3 Å². The standard InChI is InChI=1S/C16H28N2O3/c1-12(2)14-6-9-17(10-7-14)16(21)18-8-5-13(11-18)3-4-15(19)20/h12-14H,3-11H2,1-2H3,(H,19,20). The van der Waals surface area contributed by atoms with E-state index in [1.807, 2.05) is 9.80 Å². The Bertz CT molecular complexity index is 376. The van der Waals surface area contributed by atoms with Gasteiger partial charge in [0, 0.05) is 32.6 Å². The largest absolute Gasteiger partial charge is 0.481 e. The zero-order chi connectivity index (χ0) is 15.4. The van der Waals surface area contributed by atoms with Crippen molar-refractivity contribution >= 4 is 12.0 Å². The van der Waals surface area contributed by atoms with Crippen LogP contribution in [0.25, 0.3) is 0 Å². The Labute approximate surface area is 127 Å². The second kappa shape index (κ2) is 7.14. The summed E-state index contributed by atoms with van der Waals surface area (Å²) >= 11 is 0. The Morgan fingerprint density at radius 2 is 1.71 bits per heavy atom. The molecule has 120 valence electrons. The van der Waals surface area contributed by atoms with E-state index in [0.717, 1.165) is 51.4 Å². The first kappa shape index (κ1) is 16.1. The number of aliphatic carboxylic acids is 1. The molecule has 2 amide bonds. The Balaban J connectivity index is 1.76. The van der Waals surface area contributed by atoms with Crippen LogP contribution in [0, 0.1) is 17.8 Å². The van der Waals surface area contributed by atoms with E-state index in [2.05, 4.69) is 13.8 Å². The average Bonchev–Trinajstić information content (AvgIpc) is 2.93. The maximum Gasteiger partial charge on any atom is 0.320 e. The third kappa shape index (κ3) is 4.35. The molecule has 0 aromatic heterocycles. The normalized spacial score (nSPS) is 23.9. The number of urea groups is 1. The average molecular weight is 296 g/mol. The number of likely N-dealkylation sites (tertiary alicyclic amines) is 2. The summed E-state index contributed by atoms with van der Waals surface area (Å²) in [7, 11) is 0. The number of hydrogen-bond acceptors (Lipinski definition) is 2. The van der Waals surface area contributed by atoms with Crippen LogP contribution in [0.5, 0.6) is 0 Å². The third-order valence-corrected chi connectivity index (χ3v) is 5.08. The first-order chi connectivity index (χ1) is 9.97. The zero-order valence-corrected chi connectivity index (χ0v) is 13.3. The lowest BCUT2D eigenvalue weighted by Crippen LogP contribution is -2.46. The molecule has 2 fully saturated rings. The van der Waals surface area contributed by atoms with Crippen molar-refractivity contribution in [3.63, 3.8) is 0 Å². The SMILES string of the molecule is CC(C)C1CCN(C(=O)N2CCC(CCC(=O)O)C2)CC1. The topological polar surface area (TPSA) is 60.9 Å². The molecule has 1 atom stereocenters. The van der Waals surface area contributed by atoms with Crippen molar-refractivity contribution in [2.75, 3.05) is 26.2 Å². The summed E-state index contributed by atoms with van der Waals surface area (Å²) in [5, 5.41) is 8.73. The van der Waals surface area contributed by atoms with Crippen molar-refractivity contribution < 1.29 is 14.7 Å². The highest BCUT2D eigenvalue weighted by Crippen LogP contribution is 2.27. The molecule has 2 aliphatic heterocycles. The van der Waals surface area contributed by atoms with Crippen LogP contribution in [0.1, 0.15) is 46.0 Å². The summed E-state index contributed by atoms with van der Waals surface area (Å²) < 4.78 is 0. The van der Waals surface area contributed by atoms with Gasteiger partial charge in [-0.25, -0.2) is 4.79 Å². The smallest absolute Gasteiger partial charge is 0.320 e. The van der Waals surface area contributed by atoms with Crippen LogP contribution in [-0.4, -0.2) is 53.1 Å². The maximum absolute atomic E-state index is 12.5. The van der Waals surface area contributed by atoms with Crippen LogP contribution in [0.4, 0.5) is 4.79 Å². The highest BCUT2D eigenvalue weighted by Gasteiger charge is 2.31. The second-order valence-electron chi connectivity index (χ2n) is 6.88. The number of amides is 2. The van der Waals surface area contributed by atoms with Gasteiger partial charge in [-0.15, -0.1) is 0 Å². The highest BCUT2D eigenvalue weighted by atomic mass is 16.4. The van der Waals surface area contributed by atoms with E-state index in [1.54, 1.807) is 0 Å². The lowest BCUT2D eigenvalue weighted by molar-refractivity contribution is -0.137. The summed E-state index contributed by atoms with van der Waals surface area (Å²) in [6.07, 6.45) is 4.07.